The van der Waals surface area contributed by atoms with Crippen LogP contribution in [0.2, 0.25) is 0 Å². The van der Waals surface area contributed by atoms with Crippen LogP contribution < -0.4 is 4.74 Å². The number of aromatic nitrogens is 3. The number of hydrogen-bond acceptors (Lipinski definition) is 5. The van der Waals surface area contributed by atoms with E-state index in [0.717, 1.165) is 36.6 Å². The van der Waals surface area contributed by atoms with Gasteiger partial charge in [-0.1, -0.05) is 17.7 Å². The van der Waals surface area contributed by atoms with Crippen molar-refractivity contribution in [2.45, 2.75) is 38.3 Å². The molecular weight excluding hydrogens is 395 g/mol. The van der Waals surface area contributed by atoms with E-state index in [1.807, 2.05) is 30.0 Å². The summed E-state index contributed by atoms with van der Waals surface area (Å²) in [7, 11) is 0. The van der Waals surface area contributed by atoms with Crippen molar-refractivity contribution in [3.63, 3.8) is 0 Å². The standard InChI is InChI=1S/C24H23FN4O2/c1-15-3-5-20(23-26-7-2-8-27-23)21(9-15)24(30)29-18-10-16(11-18)12-19(29)14-31-22-6-4-17(25)13-28-22/h2-9,13,16,18-19H,10-12,14H2,1H3. The molecule has 3 aromatic rings. The van der Waals surface area contributed by atoms with Gasteiger partial charge in [0.25, 0.3) is 5.91 Å². The minimum absolute atomic E-state index is 0.0185. The summed E-state index contributed by atoms with van der Waals surface area (Å²) in [6.45, 7) is 2.31. The van der Waals surface area contributed by atoms with Gasteiger partial charge >= 0.3 is 0 Å². The third-order valence-electron chi connectivity index (χ3n) is 6.17. The average molecular weight is 418 g/mol. The maximum Gasteiger partial charge on any atom is 0.255 e. The van der Waals surface area contributed by atoms with Gasteiger partial charge in [-0.25, -0.2) is 19.3 Å². The fourth-order valence-electron chi connectivity index (χ4n) is 4.63. The topological polar surface area (TPSA) is 68.2 Å². The first-order valence-electron chi connectivity index (χ1n) is 10.5. The van der Waals surface area contributed by atoms with Crippen LogP contribution in [0, 0.1) is 18.7 Å². The molecule has 1 amide bonds. The molecule has 6 rings (SSSR count). The van der Waals surface area contributed by atoms with Crippen molar-refractivity contribution < 1.29 is 13.9 Å². The van der Waals surface area contributed by atoms with Crippen LogP contribution in [-0.2, 0) is 0 Å². The Kier molecular flexibility index (Phi) is 5.10. The van der Waals surface area contributed by atoms with Crippen LogP contribution in [0.5, 0.6) is 5.88 Å². The predicted octanol–water partition coefficient (Wildman–Crippen LogP) is 4.06. The van der Waals surface area contributed by atoms with Crippen LogP contribution in [0.1, 0.15) is 35.2 Å². The zero-order chi connectivity index (χ0) is 21.4. The van der Waals surface area contributed by atoms with E-state index >= 15 is 0 Å². The monoisotopic (exact) mass is 418 g/mol. The fourth-order valence-corrected chi connectivity index (χ4v) is 4.63. The molecule has 6 nitrogen and oxygen atoms in total. The molecule has 2 bridgehead atoms. The molecule has 31 heavy (non-hydrogen) atoms. The number of fused-ring (bicyclic) bond motifs is 2. The van der Waals surface area contributed by atoms with Gasteiger partial charge in [0.15, 0.2) is 5.82 Å². The van der Waals surface area contributed by atoms with E-state index < -0.39 is 5.82 Å². The maximum absolute atomic E-state index is 13.8. The first-order chi connectivity index (χ1) is 15.1. The summed E-state index contributed by atoms with van der Waals surface area (Å²) >= 11 is 0. The maximum atomic E-state index is 13.8. The number of nitrogens with zero attached hydrogens (tertiary/aromatic N) is 4. The van der Waals surface area contributed by atoms with Gasteiger partial charge in [0.1, 0.15) is 12.4 Å². The molecular formula is C24H23FN4O2. The van der Waals surface area contributed by atoms with Gasteiger partial charge < -0.3 is 9.64 Å². The highest BCUT2D eigenvalue weighted by Gasteiger charge is 2.47. The SMILES string of the molecule is Cc1ccc(-c2ncccn2)c(C(=O)N2C(COc3ccc(F)cn3)CC3CC2C3)c1. The van der Waals surface area contributed by atoms with Crippen molar-refractivity contribution in [3.05, 3.63) is 71.9 Å². The summed E-state index contributed by atoms with van der Waals surface area (Å²) in [5.74, 6) is 1.10. The Labute approximate surface area is 180 Å². The molecule has 1 aliphatic carbocycles. The number of aryl methyl sites for hydroxylation is 1. The molecule has 2 aliphatic heterocycles. The average Bonchev–Trinajstić information content (AvgIpc) is 2.78. The van der Waals surface area contributed by atoms with E-state index in [1.165, 1.54) is 12.1 Å². The molecule has 1 unspecified atom stereocenters. The molecule has 1 atom stereocenters. The lowest BCUT2D eigenvalue weighted by atomic mass is 9.70. The van der Waals surface area contributed by atoms with Gasteiger partial charge in [0.05, 0.1) is 17.8 Å². The number of hydrogen-bond donors (Lipinski definition) is 0. The molecule has 4 heterocycles. The van der Waals surface area contributed by atoms with E-state index in [9.17, 15) is 9.18 Å². The number of halogens is 1. The number of carbonyl (C=O) groups is 1. The first kappa shape index (κ1) is 19.6. The number of piperidine rings is 2. The summed E-state index contributed by atoms with van der Waals surface area (Å²) in [5.41, 5.74) is 2.36. The van der Waals surface area contributed by atoms with Gasteiger partial charge in [-0.05, 0) is 50.3 Å². The number of carbonyl (C=O) groups excluding carboxylic acids is 1. The Balaban J connectivity index is 1.43. The van der Waals surface area contributed by atoms with Gasteiger partial charge in [0, 0.05) is 30.1 Å². The van der Waals surface area contributed by atoms with Crippen LogP contribution in [-0.4, -0.2) is 44.4 Å². The molecule has 0 radical (unpaired) electrons. The van der Waals surface area contributed by atoms with E-state index in [0.29, 0.717) is 29.8 Å². The van der Waals surface area contributed by atoms with Crippen molar-refractivity contribution in [2.24, 2.45) is 5.92 Å². The van der Waals surface area contributed by atoms with Crippen molar-refractivity contribution in [3.8, 4) is 17.3 Å². The van der Waals surface area contributed by atoms with E-state index in [1.54, 1.807) is 18.5 Å². The van der Waals surface area contributed by atoms with Crippen molar-refractivity contribution >= 4 is 5.91 Å². The zero-order valence-electron chi connectivity index (χ0n) is 17.2. The Morgan fingerprint density at radius 3 is 2.68 bits per heavy atom. The van der Waals surface area contributed by atoms with E-state index in [4.69, 9.17) is 4.74 Å². The highest BCUT2D eigenvalue weighted by atomic mass is 19.1. The van der Waals surface area contributed by atoms with Crippen molar-refractivity contribution in [1.29, 1.82) is 0 Å². The highest BCUT2D eigenvalue weighted by Crippen LogP contribution is 2.44. The second-order valence-corrected chi connectivity index (χ2v) is 8.34. The highest BCUT2D eigenvalue weighted by molar-refractivity contribution is 6.00. The lowest BCUT2D eigenvalue weighted by Gasteiger charge is -2.53. The molecule has 0 N–H and O–H groups in total. The molecule has 0 spiro atoms. The van der Waals surface area contributed by atoms with Crippen LogP contribution in [0.4, 0.5) is 4.39 Å². The molecule has 2 saturated heterocycles. The zero-order valence-corrected chi connectivity index (χ0v) is 17.2. The van der Waals surface area contributed by atoms with E-state index in [2.05, 4.69) is 15.0 Å². The van der Waals surface area contributed by atoms with Crippen LogP contribution in [0.3, 0.4) is 0 Å². The third kappa shape index (κ3) is 3.87. The van der Waals surface area contributed by atoms with E-state index in [-0.39, 0.29) is 18.0 Å². The summed E-state index contributed by atoms with van der Waals surface area (Å²) in [6, 6.07) is 10.6. The minimum Gasteiger partial charge on any atom is -0.475 e. The fraction of sp³-hybridized carbons (Fsp3) is 0.333. The van der Waals surface area contributed by atoms with Crippen LogP contribution >= 0.6 is 0 Å². The summed E-state index contributed by atoms with van der Waals surface area (Å²) in [4.78, 5) is 28.4. The van der Waals surface area contributed by atoms with Crippen LogP contribution in [0.25, 0.3) is 11.4 Å². The first-order valence-corrected chi connectivity index (χ1v) is 10.5. The minimum atomic E-state index is -0.404. The van der Waals surface area contributed by atoms with Crippen LogP contribution in [0.15, 0.2) is 55.0 Å². The van der Waals surface area contributed by atoms with Gasteiger partial charge in [-0.2, -0.15) is 0 Å². The smallest absolute Gasteiger partial charge is 0.255 e. The van der Waals surface area contributed by atoms with Gasteiger partial charge in [-0.3, -0.25) is 4.79 Å². The number of amides is 1. The number of benzene rings is 1. The number of rotatable bonds is 5. The Morgan fingerprint density at radius 2 is 1.94 bits per heavy atom. The molecule has 3 fully saturated rings. The predicted molar refractivity (Wildman–Crippen MR) is 113 cm³/mol. The lowest BCUT2D eigenvalue weighted by Crippen LogP contribution is -2.60. The molecule has 3 aliphatic rings. The molecule has 2 aromatic heterocycles. The summed E-state index contributed by atoms with van der Waals surface area (Å²) in [6.07, 6.45) is 7.45. The lowest BCUT2D eigenvalue weighted by molar-refractivity contribution is -0.0310. The Morgan fingerprint density at radius 1 is 1.13 bits per heavy atom. The normalized spacial score (nSPS) is 22.0. The molecule has 7 heteroatoms. The van der Waals surface area contributed by atoms with Gasteiger partial charge in [-0.15, -0.1) is 0 Å². The summed E-state index contributed by atoms with van der Waals surface area (Å²) < 4.78 is 19.0. The quantitative estimate of drug-likeness (QED) is 0.625. The summed E-state index contributed by atoms with van der Waals surface area (Å²) in [5, 5.41) is 0. The molecule has 1 aromatic carbocycles. The van der Waals surface area contributed by atoms with Crippen molar-refractivity contribution in [1.82, 2.24) is 19.9 Å². The van der Waals surface area contributed by atoms with Crippen molar-refractivity contribution in [2.75, 3.05) is 6.61 Å². The number of ether oxygens (including phenoxy) is 1. The second-order valence-electron chi connectivity index (χ2n) is 8.34. The molecule has 1 saturated carbocycles. The largest absolute Gasteiger partial charge is 0.475 e. The Bertz CT molecular complexity index is 1080. The third-order valence-corrected chi connectivity index (χ3v) is 6.17. The van der Waals surface area contributed by atoms with Gasteiger partial charge in [0.2, 0.25) is 5.88 Å². The molecule has 158 valence electrons. The number of pyridine rings is 1. The Hall–Kier alpha value is -3.35. The second kappa shape index (κ2) is 8.06.